The van der Waals surface area contributed by atoms with Crippen LogP contribution in [0.2, 0.25) is 0 Å². The van der Waals surface area contributed by atoms with Gasteiger partial charge in [0.15, 0.2) is 0 Å². The summed E-state index contributed by atoms with van der Waals surface area (Å²) in [6.45, 7) is 6.64. The van der Waals surface area contributed by atoms with Gasteiger partial charge in [0.25, 0.3) is 5.91 Å². The Labute approximate surface area is 140 Å². The fourth-order valence-corrected chi connectivity index (χ4v) is 3.19. The first kappa shape index (κ1) is 15.6. The van der Waals surface area contributed by atoms with E-state index in [0.29, 0.717) is 6.54 Å². The summed E-state index contributed by atoms with van der Waals surface area (Å²) in [6.07, 6.45) is 0. The molecule has 0 atom stereocenters. The maximum atomic E-state index is 12.7. The normalized spacial score (nSPS) is 11.0. The molecule has 3 rings (SSSR count). The third-order valence-electron chi connectivity index (χ3n) is 4.16. The largest absolute Gasteiger partial charge is 0.337 e. The summed E-state index contributed by atoms with van der Waals surface area (Å²) in [5, 5.41) is 0. The number of hydrogen-bond acceptors (Lipinski definition) is 4. The van der Waals surface area contributed by atoms with Crippen molar-refractivity contribution in [3.05, 3.63) is 58.1 Å². The van der Waals surface area contributed by atoms with Crippen LogP contribution in [0, 0.1) is 20.8 Å². The number of carbonyl (C=O) groups is 1. The van der Waals surface area contributed by atoms with Crippen molar-refractivity contribution in [1.29, 1.82) is 0 Å². The molecule has 0 bridgehead atoms. The molecule has 0 saturated carbocycles. The third-order valence-corrected chi connectivity index (χ3v) is 4.71. The van der Waals surface area contributed by atoms with Gasteiger partial charge in [0, 0.05) is 19.2 Å². The van der Waals surface area contributed by atoms with Crippen LogP contribution in [-0.4, -0.2) is 26.6 Å². The van der Waals surface area contributed by atoms with Crippen LogP contribution in [0.4, 0.5) is 0 Å². The zero-order valence-electron chi connectivity index (χ0n) is 13.8. The van der Waals surface area contributed by atoms with Crippen LogP contribution < -0.4 is 0 Å². The van der Waals surface area contributed by atoms with E-state index < -0.39 is 0 Å². The number of carbonyl (C=O) groups excluding carboxylic acids is 1. The van der Waals surface area contributed by atoms with Crippen LogP contribution in [0.5, 0.6) is 0 Å². The van der Waals surface area contributed by atoms with E-state index in [-0.39, 0.29) is 5.91 Å². The quantitative estimate of drug-likeness (QED) is 0.734. The van der Waals surface area contributed by atoms with Crippen LogP contribution in [-0.2, 0) is 6.54 Å². The molecule has 0 aliphatic carbocycles. The van der Waals surface area contributed by atoms with Crippen LogP contribution >= 0.6 is 11.7 Å². The molecule has 0 saturated heterocycles. The zero-order chi connectivity index (χ0) is 16.6. The summed E-state index contributed by atoms with van der Waals surface area (Å²) in [6, 6.07) is 10.0. The molecule has 23 heavy (non-hydrogen) atoms. The fraction of sp³-hybridized carbons (Fsp3) is 0.278. The predicted molar refractivity (Wildman–Crippen MR) is 93.9 cm³/mol. The van der Waals surface area contributed by atoms with Gasteiger partial charge in [-0.3, -0.25) is 4.79 Å². The van der Waals surface area contributed by atoms with Gasteiger partial charge >= 0.3 is 0 Å². The number of benzene rings is 2. The molecule has 0 aliphatic rings. The van der Waals surface area contributed by atoms with Gasteiger partial charge in [-0.05, 0) is 61.2 Å². The monoisotopic (exact) mass is 325 g/mol. The Balaban J connectivity index is 1.83. The minimum absolute atomic E-state index is 0.0436. The Morgan fingerprint density at radius 3 is 2.48 bits per heavy atom. The van der Waals surface area contributed by atoms with Crippen molar-refractivity contribution in [2.45, 2.75) is 27.3 Å². The summed E-state index contributed by atoms with van der Waals surface area (Å²) in [4.78, 5) is 14.5. The lowest BCUT2D eigenvalue weighted by atomic mass is 10.00. The summed E-state index contributed by atoms with van der Waals surface area (Å²) in [5.41, 5.74) is 6.98. The molecule has 0 N–H and O–H groups in total. The maximum absolute atomic E-state index is 12.7. The van der Waals surface area contributed by atoms with Crippen LogP contribution in [0.3, 0.4) is 0 Å². The van der Waals surface area contributed by atoms with Gasteiger partial charge < -0.3 is 4.90 Å². The second-order valence-corrected chi connectivity index (χ2v) is 6.53. The minimum atomic E-state index is 0.0436. The summed E-state index contributed by atoms with van der Waals surface area (Å²) >= 11 is 1.21. The standard InChI is InChI=1S/C18H19N3OS/c1-11-7-13(3)15(8-12(11)2)18(22)21(4)10-14-5-6-16-17(9-14)20-23-19-16/h5-9H,10H2,1-4H3. The number of amides is 1. The first-order valence-electron chi connectivity index (χ1n) is 7.50. The second-order valence-electron chi connectivity index (χ2n) is 6.00. The highest BCUT2D eigenvalue weighted by atomic mass is 32.1. The van der Waals surface area contributed by atoms with Crippen molar-refractivity contribution in [2.24, 2.45) is 0 Å². The molecule has 0 aliphatic heterocycles. The van der Waals surface area contributed by atoms with E-state index in [4.69, 9.17) is 0 Å². The van der Waals surface area contributed by atoms with Gasteiger partial charge in [0.2, 0.25) is 0 Å². The molecule has 5 heteroatoms. The minimum Gasteiger partial charge on any atom is -0.337 e. The van der Waals surface area contributed by atoms with Crippen molar-refractivity contribution in [3.63, 3.8) is 0 Å². The number of hydrogen-bond donors (Lipinski definition) is 0. The lowest BCUT2D eigenvalue weighted by Gasteiger charge is -2.19. The molecule has 0 spiro atoms. The smallest absolute Gasteiger partial charge is 0.254 e. The lowest BCUT2D eigenvalue weighted by Crippen LogP contribution is -2.27. The van der Waals surface area contributed by atoms with E-state index in [1.54, 1.807) is 4.90 Å². The highest BCUT2D eigenvalue weighted by molar-refractivity contribution is 7.00. The molecule has 118 valence electrons. The number of rotatable bonds is 3. The Bertz CT molecular complexity index is 885. The molecule has 0 fully saturated rings. The van der Waals surface area contributed by atoms with Crippen molar-refractivity contribution in [1.82, 2.24) is 13.6 Å². The molecule has 2 aromatic carbocycles. The van der Waals surface area contributed by atoms with Gasteiger partial charge in [-0.1, -0.05) is 12.1 Å². The zero-order valence-corrected chi connectivity index (χ0v) is 14.6. The van der Waals surface area contributed by atoms with Crippen LogP contribution in [0.25, 0.3) is 11.0 Å². The number of aromatic nitrogens is 2. The number of nitrogens with zero attached hydrogens (tertiary/aromatic N) is 3. The molecular formula is C18H19N3OS. The Morgan fingerprint density at radius 2 is 1.70 bits per heavy atom. The summed E-state index contributed by atoms with van der Waals surface area (Å²) in [7, 11) is 1.83. The van der Waals surface area contributed by atoms with Crippen molar-refractivity contribution in [2.75, 3.05) is 7.05 Å². The van der Waals surface area contributed by atoms with Gasteiger partial charge in [-0.2, -0.15) is 8.75 Å². The fourth-order valence-electron chi connectivity index (χ4n) is 2.67. The number of fused-ring (bicyclic) bond motifs is 1. The topological polar surface area (TPSA) is 46.1 Å². The highest BCUT2D eigenvalue weighted by Gasteiger charge is 2.16. The van der Waals surface area contributed by atoms with Gasteiger partial charge in [-0.25, -0.2) is 0 Å². The van der Waals surface area contributed by atoms with Crippen molar-refractivity contribution < 1.29 is 4.79 Å². The molecule has 1 aromatic heterocycles. The van der Waals surface area contributed by atoms with E-state index >= 15 is 0 Å². The molecule has 3 aromatic rings. The molecule has 4 nitrogen and oxygen atoms in total. The SMILES string of the molecule is Cc1cc(C)c(C(=O)N(C)Cc2ccc3nsnc3c2)cc1C. The van der Waals surface area contributed by atoms with E-state index in [0.717, 1.165) is 33.3 Å². The van der Waals surface area contributed by atoms with Gasteiger partial charge in [0.05, 0.1) is 11.7 Å². The second kappa shape index (κ2) is 6.08. The highest BCUT2D eigenvalue weighted by Crippen LogP contribution is 2.19. The van der Waals surface area contributed by atoms with Crippen molar-refractivity contribution >= 4 is 28.7 Å². The number of aryl methyl sites for hydroxylation is 3. The van der Waals surface area contributed by atoms with E-state index in [1.807, 2.05) is 45.2 Å². The van der Waals surface area contributed by atoms with E-state index in [2.05, 4.69) is 21.7 Å². The maximum Gasteiger partial charge on any atom is 0.254 e. The molecule has 0 unspecified atom stereocenters. The summed E-state index contributed by atoms with van der Waals surface area (Å²) in [5.74, 6) is 0.0436. The molecular weight excluding hydrogens is 306 g/mol. The average Bonchev–Trinajstić information content (AvgIpc) is 2.97. The third kappa shape index (κ3) is 3.10. The lowest BCUT2D eigenvalue weighted by molar-refractivity contribution is 0.0784. The van der Waals surface area contributed by atoms with E-state index in [1.165, 1.54) is 17.3 Å². The van der Waals surface area contributed by atoms with Gasteiger partial charge in [-0.15, -0.1) is 0 Å². The average molecular weight is 325 g/mol. The first-order valence-corrected chi connectivity index (χ1v) is 8.23. The van der Waals surface area contributed by atoms with Crippen molar-refractivity contribution in [3.8, 4) is 0 Å². The van der Waals surface area contributed by atoms with Gasteiger partial charge in [0.1, 0.15) is 11.0 Å². The summed E-state index contributed by atoms with van der Waals surface area (Å²) < 4.78 is 8.45. The van der Waals surface area contributed by atoms with Crippen LogP contribution in [0.15, 0.2) is 30.3 Å². The Hall–Kier alpha value is -2.27. The molecule has 0 radical (unpaired) electrons. The molecule has 1 amide bonds. The van der Waals surface area contributed by atoms with E-state index in [9.17, 15) is 4.79 Å². The molecule has 1 heterocycles. The Kier molecular flexibility index (Phi) is 4.13. The predicted octanol–water partition coefficient (Wildman–Crippen LogP) is 3.89. The van der Waals surface area contributed by atoms with Crippen LogP contribution in [0.1, 0.15) is 32.6 Å². The Morgan fingerprint density at radius 1 is 1.00 bits per heavy atom. The first-order chi connectivity index (χ1) is 11.0.